The summed E-state index contributed by atoms with van der Waals surface area (Å²) < 4.78 is 0. The Morgan fingerprint density at radius 2 is 2.05 bits per heavy atom. The van der Waals surface area contributed by atoms with Gasteiger partial charge in [-0.05, 0) is 35.2 Å². The lowest BCUT2D eigenvalue weighted by Crippen LogP contribution is -2.23. The van der Waals surface area contributed by atoms with E-state index in [4.69, 9.17) is 0 Å². The van der Waals surface area contributed by atoms with E-state index in [0.717, 1.165) is 24.1 Å². The minimum Gasteiger partial charge on any atom is -0.338 e. The molecule has 0 bridgehead atoms. The number of amides is 1. The minimum atomic E-state index is 0.270. The number of likely N-dealkylation sites (tertiary alicyclic amines) is 1. The van der Waals surface area contributed by atoms with E-state index in [1.807, 2.05) is 29.3 Å². The molecule has 1 saturated heterocycles. The smallest absolute Gasteiger partial charge is 0.222 e. The van der Waals surface area contributed by atoms with Crippen LogP contribution in [0.5, 0.6) is 0 Å². The van der Waals surface area contributed by atoms with Gasteiger partial charge in [0.15, 0.2) is 0 Å². The summed E-state index contributed by atoms with van der Waals surface area (Å²) in [5.41, 5.74) is 3.44. The normalized spacial score (nSPS) is 14.9. The fraction of sp³-hybridized carbons (Fsp3) is 0.250. The summed E-state index contributed by atoms with van der Waals surface area (Å²) >= 11 is 0. The molecule has 3 nitrogen and oxygen atoms in total. The molecule has 2 heterocycles. The van der Waals surface area contributed by atoms with Crippen molar-refractivity contribution < 1.29 is 4.79 Å². The number of carbonyl (C=O) groups excluding carboxylic acids is 1. The topological polar surface area (TPSA) is 33.2 Å². The van der Waals surface area contributed by atoms with Crippen molar-refractivity contribution in [2.45, 2.75) is 19.4 Å². The molecule has 1 aliphatic rings. The maximum absolute atomic E-state index is 11.6. The predicted octanol–water partition coefficient (Wildman–Crippen LogP) is 2.87. The second-order valence-electron chi connectivity index (χ2n) is 4.86. The first-order valence-electron chi connectivity index (χ1n) is 6.60. The highest BCUT2D eigenvalue weighted by atomic mass is 16.2. The Hall–Kier alpha value is -2.16. The summed E-state index contributed by atoms with van der Waals surface area (Å²) in [6, 6.07) is 12.3. The lowest BCUT2D eigenvalue weighted by atomic mass is 10.0. The van der Waals surface area contributed by atoms with E-state index >= 15 is 0 Å². The minimum absolute atomic E-state index is 0.270. The van der Waals surface area contributed by atoms with Crippen molar-refractivity contribution in [1.82, 2.24) is 9.88 Å². The van der Waals surface area contributed by atoms with Gasteiger partial charge in [0.1, 0.15) is 0 Å². The number of nitrogens with zero attached hydrogens (tertiary/aromatic N) is 2. The van der Waals surface area contributed by atoms with Crippen molar-refractivity contribution in [1.29, 1.82) is 0 Å². The quantitative estimate of drug-likeness (QED) is 0.841. The van der Waals surface area contributed by atoms with Crippen molar-refractivity contribution in [2.24, 2.45) is 0 Å². The number of carbonyl (C=O) groups is 1. The molecular weight excluding hydrogens is 236 g/mol. The third-order valence-corrected chi connectivity index (χ3v) is 3.47. The van der Waals surface area contributed by atoms with E-state index in [-0.39, 0.29) is 5.91 Å². The molecule has 0 unspecified atom stereocenters. The second-order valence-corrected chi connectivity index (χ2v) is 4.86. The van der Waals surface area contributed by atoms with Crippen molar-refractivity contribution in [3.63, 3.8) is 0 Å². The van der Waals surface area contributed by atoms with E-state index in [2.05, 4.69) is 23.2 Å². The molecule has 0 spiro atoms. The number of hydrogen-bond acceptors (Lipinski definition) is 2. The SMILES string of the molecule is O=C1CCCN1Cc1cccc(-c2cccnc2)c1. The monoisotopic (exact) mass is 252 g/mol. The maximum atomic E-state index is 11.6. The van der Waals surface area contributed by atoms with Crippen LogP contribution in [0.4, 0.5) is 0 Å². The van der Waals surface area contributed by atoms with Crippen LogP contribution >= 0.6 is 0 Å². The Labute approximate surface area is 112 Å². The zero-order valence-corrected chi connectivity index (χ0v) is 10.7. The number of hydrogen-bond donors (Lipinski definition) is 0. The zero-order valence-electron chi connectivity index (χ0n) is 10.7. The van der Waals surface area contributed by atoms with Crippen molar-refractivity contribution in [3.8, 4) is 11.1 Å². The summed E-state index contributed by atoms with van der Waals surface area (Å²) in [5.74, 6) is 0.270. The Morgan fingerprint density at radius 3 is 2.79 bits per heavy atom. The summed E-state index contributed by atoms with van der Waals surface area (Å²) in [4.78, 5) is 17.7. The summed E-state index contributed by atoms with van der Waals surface area (Å²) in [6.07, 6.45) is 5.32. The highest BCUT2D eigenvalue weighted by molar-refractivity contribution is 5.78. The fourth-order valence-corrected chi connectivity index (χ4v) is 2.47. The zero-order chi connectivity index (χ0) is 13.1. The van der Waals surface area contributed by atoms with E-state index in [1.54, 1.807) is 6.20 Å². The Kier molecular flexibility index (Phi) is 3.27. The lowest BCUT2D eigenvalue weighted by Gasteiger charge is -2.16. The van der Waals surface area contributed by atoms with Gasteiger partial charge in [-0.2, -0.15) is 0 Å². The van der Waals surface area contributed by atoms with Crippen LogP contribution < -0.4 is 0 Å². The van der Waals surface area contributed by atoms with Gasteiger partial charge in [-0.1, -0.05) is 24.3 Å². The Morgan fingerprint density at radius 1 is 1.16 bits per heavy atom. The first kappa shape index (κ1) is 11.9. The van der Waals surface area contributed by atoms with E-state index < -0.39 is 0 Å². The molecule has 96 valence electrons. The first-order valence-corrected chi connectivity index (χ1v) is 6.60. The first-order chi connectivity index (χ1) is 9.33. The molecule has 0 N–H and O–H groups in total. The van der Waals surface area contributed by atoms with Gasteiger partial charge in [-0.3, -0.25) is 9.78 Å². The molecule has 0 radical (unpaired) electrons. The molecule has 3 rings (SSSR count). The molecule has 0 atom stereocenters. The van der Waals surface area contributed by atoms with Gasteiger partial charge in [0.05, 0.1) is 0 Å². The van der Waals surface area contributed by atoms with Crippen LogP contribution in [0.3, 0.4) is 0 Å². The van der Waals surface area contributed by atoms with Crippen LogP contribution in [0.25, 0.3) is 11.1 Å². The summed E-state index contributed by atoms with van der Waals surface area (Å²) in [5, 5.41) is 0. The molecule has 1 aliphatic heterocycles. The van der Waals surface area contributed by atoms with Crippen molar-refractivity contribution >= 4 is 5.91 Å². The van der Waals surface area contributed by atoms with Gasteiger partial charge in [0.25, 0.3) is 0 Å². The van der Waals surface area contributed by atoms with Gasteiger partial charge >= 0.3 is 0 Å². The van der Waals surface area contributed by atoms with E-state index in [0.29, 0.717) is 13.0 Å². The number of aromatic nitrogens is 1. The highest BCUT2D eigenvalue weighted by Gasteiger charge is 2.19. The molecule has 2 aromatic rings. The third kappa shape index (κ3) is 2.65. The molecule has 3 heteroatoms. The maximum Gasteiger partial charge on any atom is 0.222 e. The van der Waals surface area contributed by atoms with Crippen LogP contribution in [-0.2, 0) is 11.3 Å². The third-order valence-electron chi connectivity index (χ3n) is 3.47. The van der Waals surface area contributed by atoms with Crippen LogP contribution in [0.2, 0.25) is 0 Å². The molecular formula is C16H16N2O. The van der Waals surface area contributed by atoms with Gasteiger partial charge in [0.2, 0.25) is 5.91 Å². The molecule has 1 fully saturated rings. The molecule has 1 aromatic heterocycles. The molecule has 1 aromatic carbocycles. The lowest BCUT2D eigenvalue weighted by molar-refractivity contribution is -0.128. The van der Waals surface area contributed by atoms with Crippen molar-refractivity contribution in [2.75, 3.05) is 6.54 Å². The van der Waals surface area contributed by atoms with Gasteiger partial charge in [-0.15, -0.1) is 0 Å². The van der Waals surface area contributed by atoms with Crippen molar-refractivity contribution in [3.05, 3.63) is 54.4 Å². The van der Waals surface area contributed by atoms with Gasteiger partial charge < -0.3 is 4.90 Å². The van der Waals surface area contributed by atoms with Crippen LogP contribution in [0.15, 0.2) is 48.8 Å². The molecule has 1 amide bonds. The average Bonchev–Trinajstić information content (AvgIpc) is 2.86. The molecule has 0 aliphatic carbocycles. The number of rotatable bonds is 3. The number of benzene rings is 1. The second kappa shape index (κ2) is 5.22. The highest BCUT2D eigenvalue weighted by Crippen LogP contribution is 2.21. The van der Waals surface area contributed by atoms with Crippen LogP contribution in [0, 0.1) is 0 Å². The largest absolute Gasteiger partial charge is 0.338 e. The molecule has 19 heavy (non-hydrogen) atoms. The Balaban J connectivity index is 1.82. The number of pyridine rings is 1. The van der Waals surface area contributed by atoms with Gasteiger partial charge in [-0.25, -0.2) is 0 Å². The fourth-order valence-electron chi connectivity index (χ4n) is 2.47. The van der Waals surface area contributed by atoms with E-state index in [9.17, 15) is 4.79 Å². The Bertz CT molecular complexity index is 580. The van der Waals surface area contributed by atoms with E-state index in [1.165, 1.54) is 5.56 Å². The average molecular weight is 252 g/mol. The van der Waals surface area contributed by atoms with Crippen LogP contribution in [0.1, 0.15) is 18.4 Å². The standard InChI is InChI=1S/C16H16N2O/c19-16-7-3-9-18(16)12-13-4-1-5-14(10-13)15-6-2-8-17-11-15/h1-2,4-6,8,10-11H,3,7,9,12H2. The molecule has 0 saturated carbocycles. The summed E-state index contributed by atoms with van der Waals surface area (Å²) in [7, 11) is 0. The predicted molar refractivity (Wildman–Crippen MR) is 74.3 cm³/mol. The van der Waals surface area contributed by atoms with Gasteiger partial charge in [0, 0.05) is 31.9 Å². The summed E-state index contributed by atoms with van der Waals surface area (Å²) in [6.45, 7) is 1.60. The van der Waals surface area contributed by atoms with Crippen LogP contribution in [-0.4, -0.2) is 22.3 Å².